The quantitative estimate of drug-likeness (QED) is 0.774. The van der Waals surface area contributed by atoms with E-state index < -0.39 is 0 Å². The fourth-order valence-electron chi connectivity index (χ4n) is 3.37. The molecule has 1 fully saturated rings. The van der Waals surface area contributed by atoms with Crippen molar-refractivity contribution >= 4 is 21.6 Å². The van der Waals surface area contributed by atoms with Gasteiger partial charge in [-0.3, -0.25) is 4.90 Å². The lowest BCUT2D eigenvalue weighted by Gasteiger charge is -2.32. The standard InChI is InChI=1S/C19H22N2O2S/c1-13(22)14-8-10-21(11-9-14)12-15-6-7-17(23-15)19-20-16-4-2-3-5-18(16)24-19/h2-7,13-14,22H,8-12H2,1H3. The second kappa shape index (κ2) is 6.67. The molecule has 1 aliphatic heterocycles. The zero-order valence-electron chi connectivity index (χ0n) is 13.8. The number of furan rings is 1. The average Bonchev–Trinajstić information content (AvgIpc) is 3.21. The van der Waals surface area contributed by atoms with Crippen molar-refractivity contribution in [3.8, 4) is 10.8 Å². The molecule has 0 bridgehead atoms. The van der Waals surface area contributed by atoms with Crippen molar-refractivity contribution in [1.29, 1.82) is 0 Å². The van der Waals surface area contributed by atoms with Crippen LogP contribution in [0.5, 0.6) is 0 Å². The fourth-order valence-corrected chi connectivity index (χ4v) is 4.30. The first kappa shape index (κ1) is 15.8. The van der Waals surface area contributed by atoms with Crippen molar-refractivity contribution < 1.29 is 9.52 Å². The van der Waals surface area contributed by atoms with Crippen LogP contribution in [0.1, 0.15) is 25.5 Å². The lowest BCUT2D eigenvalue weighted by Crippen LogP contribution is -2.36. The molecule has 0 amide bonds. The predicted molar refractivity (Wildman–Crippen MR) is 97.0 cm³/mol. The Hall–Kier alpha value is -1.69. The summed E-state index contributed by atoms with van der Waals surface area (Å²) in [4.78, 5) is 7.06. The Labute approximate surface area is 145 Å². The summed E-state index contributed by atoms with van der Waals surface area (Å²) in [6.45, 7) is 4.77. The number of benzene rings is 1. The van der Waals surface area contributed by atoms with Gasteiger partial charge in [-0.15, -0.1) is 11.3 Å². The molecule has 0 spiro atoms. The molecular weight excluding hydrogens is 320 g/mol. The third-order valence-corrected chi connectivity index (χ3v) is 5.91. The Morgan fingerprint density at radius 2 is 2.04 bits per heavy atom. The third-order valence-electron chi connectivity index (χ3n) is 4.86. The van der Waals surface area contributed by atoms with E-state index in [4.69, 9.17) is 4.42 Å². The zero-order valence-corrected chi connectivity index (χ0v) is 14.6. The largest absolute Gasteiger partial charge is 0.457 e. The van der Waals surface area contributed by atoms with Gasteiger partial charge >= 0.3 is 0 Å². The van der Waals surface area contributed by atoms with Crippen molar-refractivity contribution in [3.05, 3.63) is 42.2 Å². The van der Waals surface area contributed by atoms with Gasteiger partial charge < -0.3 is 9.52 Å². The van der Waals surface area contributed by atoms with Crippen LogP contribution >= 0.6 is 11.3 Å². The molecule has 4 nitrogen and oxygen atoms in total. The molecule has 1 aromatic carbocycles. The van der Waals surface area contributed by atoms with Gasteiger partial charge in [0.1, 0.15) is 5.76 Å². The zero-order chi connectivity index (χ0) is 16.5. The molecule has 0 radical (unpaired) electrons. The number of rotatable bonds is 4. The van der Waals surface area contributed by atoms with Crippen molar-refractivity contribution in [1.82, 2.24) is 9.88 Å². The van der Waals surface area contributed by atoms with E-state index in [1.54, 1.807) is 11.3 Å². The van der Waals surface area contributed by atoms with E-state index in [9.17, 15) is 5.11 Å². The molecule has 5 heteroatoms. The Bertz CT molecular complexity index is 783. The second-order valence-electron chi connectivity index (χ2n) is 6.61. The minimum Gasteiger partial charge on any atom is -0.457 e. The molecule has 1 saturated heterocycles. The molecule has 1 unspecified atom stereocenters. The van der Waals surface area contributed by atoms with Gasteiger partial charge in [0.2, 0.25) is 0 Å². The molecule has 3 heterocycles. The number of fused-ring (bicyclic) bond motifs is 1. The van der Waals surface area contributed by atoms with Crippen molar-refractivity contribution in [2.45, 2.75) is 32.4 Å². The predicted octanol–water partition coefficient (Wildman–Crippen LogP) is 4.15. The van der Waals surface area contributed by atoms with Gasteiger partial charge in [0.15, 0.2) is 10.8 Å². The van der Waals surface area contributed by atoms with E-state index in [2.05, 4.69) is 22.0 Å². The van der Waals surface area contributed by atoms with Gasteiger partial charge in [-0.1, -0.05) is 12.1 Å². The molecule has 3 aromatic rings. The van der Waals surface area contributed by atoms with Crippen LogP contribution in [-0.2, 0) is 6.54 Å². The highest BCUT2D eigenvalue weighted by Gasteiger charge is 2.23. The summed E-state index contributed by atoms with van der Waals surface area (Å²) in [6, 6.07) is 12.3. The summed E-state index contributed by atoms with van der Waals surface area (Å²) >= 11 is 1.67. The molecule has 4 rings (SSSR count). The lowest BCUT2D eigenvalue weighted by molar-refractivity contribution is 0.0674. The van der Waals surface area contributed by atoms with Gasteiger partial charge in [0.05, 0.1) is 22.9 Å². The summed E-state index contributed by atoms with van der Waals surface area (Å²) < 4.78 is 7.22. The van der Waals surface area contributed by atoms with Crippen LogP contribution in [0, 0.1) is 5.92 Å². The number of hydrogen-bond acceptors (Lipinski definition) is 5. The lowest BCUT2D eigenvalue weighted by atomic mass is 9.92. The highest BCUT2D eigenvalue weighted by molar-refractivity contribution is 7.21. The highest BCUT2D eigenvalue weighted by atomic mass is 32.1. The fraction of sp³-hybridized carbons (Fsp3) is 0.421. The van der Waals surface area contributed by atoms with Gasteiger partial charge in [0.25, 0.3) is 0 Å². The number of likely N-dealkylation sites (tertiary alicyclic amines) is 1. The van der Waals surface area contributed by atoms with Gasteiger partial charge in [-0.2, -0.15) is 0 Å². The smallest absolute Gasteiger partial charge is 0.163 e. The van der Waals surface area contributed by atoms with Crippen LogP contribution in [0.25, 0.3) is 21.0 Å². The summed E-state index contributed by atoms with van der Waals surface area (Å²) in [5.74, 6) is 2.28. The Kier molecular flexibility index (Phi) is 4.39. The van der Waals surface area contributed by atoms with E-state index in [0.717, 1.165) is 54.5 Å². The number of aromatic nitrogens is 1. The monoisotopic (exact) mass is 342 g/mol. The number of aliphatic hydroxyl groups is 1. The molecule has 2 aromatic heterocycles. The van der Waals surface area contributed by atoms with Crippen LogP contribution in [-0.4, -0.2) is 34.2 Å². The molecule has 24 heavy (non-hydrogen) atoms. The molecular formula is C19H22N2O2S. The molecule has 1 atom stereocenters. The number of nitrogens with zero attached hydrogens (tertiary/aromatic N) is 2. The van der Waals surface area contributed by atoms with E-state index in [1.165, 1.54) is 4.70 Å². The summed E-state index contributed by atoms with van der Waals surface area (Å²) in [7, 11) is 0. The van der Waals surface area contributed by atoms with Crippen LogP contribution in [0.4, 0.5) is 0 Å². The third kappa shape index (κ3) is 3.24. The van der Waals surface area contributed by atoms with Crippen molar-refractivity contribution in [2.24, 2.45) is 5.92 Å². The molecule has 1 N–H and O–H groups in total. The summed E-state index contributed by atoms with van der Waals surface area (Å²) in [5.41, 5.74) is 1.02. The van der Waals surface area contributed by atoms with E-state index in [-0.39, 0.29) is 6.10 Å². The van der Waals surface area contributed by atoms with Crippen LogP contribution in [0.15, 0.2) is 40.8 Å². The van der Waals surface area contributed by atoms with Crippen LogP contribution in [0.3, 0.4) is 0 Å². The summed E-state index contributed by atoms with van der Waals surface area (Å²) in [6.07, 6.45) is 1.92. The number of piperidine rings is 1. The SMILES string of the molecule is CC(O)C1CCN(Cc2ccc(-c3nc4ccccc4s3)o2)CC1. The average molecular weight is 342 g/mol. The Morgan fingerprint density at radius 3 is 2.79 bits per heavy atom. The Balaban J connectivity index is 1.43. The van der Waals surface area contributed by atoms with Gasteiger partial charge in [-0.05, 0) is 63.0 Å². The first-order chi connectivity index (χ1) is 11.7. The number of para-hydroxylation sites is 1. The molecule has 0 aliphatic carbocycles. The number of thiazole rings is 1. The van der Waals surface area contributed by atoms with Crippen molar-refractivity contribution in [2.75, 3.05) is 13.1 Å². The maximum absolute atomic E-state index is 9.70. The van der Waals surface area contributed by atoms with Gasteiger partial charge in [-0.25, -0.2) is 4.98 Å². The maximum Gasteiger partial charge on any atom is 0.163 e. The first-order valence-corrected chi connectivity index (χ1v) is 9.36. The first-order valence-electron chi connectivity index (χ1n) is 8.54. The van der Waals surface area contributed by atoms with Crippen molar-refractivity contribution in [3.63, 3.8) is 0 Å². The molecule has 126 valence electrons. The maximum atomic E-state index is 9.70. The normalized spacial score (nSPS) is 18.2. The Morgan fingerprint density at radius 1 is 1.25 bits per heavy atom. The highest BCUT2D eigenvalue weighted by Crippen LogP contribution is 2.31. The van der Waals surface area contributed by atoms with E-state index in [1.807, 2.05) is 31.2 Å². The van der Waals surface area contributed by atoms with Crippen LogP contribution < -0.4 is 0 Å². The minimum atomic E-state index is -0.193. The molecule has 1 aliphatic rings. The minimum absolute atomic E-state index is 0.193. The number of hydrogen-bond donors (Lipinski definition) is 1. The van der Waals surface area contributed by atoms with E-state index in [0.29, 0.717) is 5.92 Å². The second-order valence-corrected chi connectivity index (χ2v) is 7.64. The topological polar surface area (TPSA) is 49.5 Å². The number of aliphatic hydroxyl groups excluding tert-OH is 1. The van der Waals surface area contributed by atoms with Crippen LogP contribution in [0.2, 0.25) is 0 Å². The summed E-state index contributed by atoms with van der Waals surface area (Å²) in [5, 5.41) is 10.6. The van der Waals surface area contributed by atoms with E-state index >= 15 is 0 Å². The van der Waals surface area contributed by atoms with Gasteiger partial charge in [0, 0.05) is 0 Å². The molecule has 0 saturated carbocycles.